The average Bonchev–Trinajstić information content (AvgIpc) is 2.47. The maximum atomic E-state index is 12.0. The second kappa shape index (κ2) is 5.93. The monoisotopic (exact) mass is 285 g/mol. The maximum Gasteiger partial charge on any atom is 0.257 e. The molecule has 0 fully saturated rings. The summed E-state index contributed by atoms with van der Waals surface area (Å²) >= 11 is 1.47. The highest BCUT2D eigenvalue weighted by molar-refractivity contribution is 7.98. The van der Waals surface area contributed by atoms with Crippen molar-refractivity contribution in [3.63, 3.8) is 0 Å². The van der Waals surface area contributed by atoms with Gasteiger partial charge in [0, 0.05) is 24.1 Å². The van der Waals surface area contributed by atoms with Crippen molar-refractivity contribution >= 4 is 11.8 Å². The van der Waals surface area contributed by atoms with Crippen LogP contribution in [-0.4, -0.2) is 9.55 Å². The molecule has 0 radical (unpaired) electrons. The molecule has 0 unspecified atom stereocenters. The van der Waals surface area contributed by atoms with Gasteiger partial charge < -0.3 is 0 Å². The number of benzene rings is 1. The van der Waals surface area contributed by atoms with Crippen molar-refractivity contribution in [3.8, 4) is 6.07 Å². The number of hydrogen-bond acceptors (Lipinski definition) is 4. The molecule has 1 aromatic heterocycles. The van der Waals surface area contributed by atoms with Crippen LogP contribution in [0.5, 0.6) is 0 Å². The SMILES string of the molecule is Cc1nc(SCc2ccccc2C#N)n(C)c(=O)c1C. The molecule has 0 atom stereocenters. The van der Waals surface area contributed by atoms with Gasteiger partial charge in [0.25, 0.3) is 5.56 Å². The lowest BCUT2D eigenvalue weighted by molar-refractivity contribution is 0.689. The second-order valence-corrected chi connectivity index (χ2v) is 5.47. The zero-order valence-corrected chi connectivity index (χ0v) is 12.5. The molecule has 20 heavy (non-hydrogen) atoms. The quantitative estimate of drug-likeness (QED) is 0.642. The lowest BCUT2D eigenvalue weighted by Crippen LogP contribution is -2.23. The molecule has 0 amide bonds. The second-order valence-electron chi connectivity index (χ2n) is 4.53. The Morgan fingerprint density at radius 2 is 2.05 bits per heavy atom. The van der Waals surface area contributed by atoms with Gasteiger partial charge in [-0.05, 0) is 25.5 Å². The largest absolute Gasteiger partial charge is 0.291 e. The summed E-state index contributed by atoms with van der Waals surface area (Å²) in [7, 11) is 1.72. The van der Waals surface area contributed by atoms with E-state index in [9.17, 15) is 4.79 Å². The fourth-order valence-corrected chi connectivity index (χ4v) is 2.84. The molecule has 0 aliphatic carbocycles. The first-order valence-electron chi connectivity index (χ1n) is 6.19. The van der Waals surface area contributed by atoms with Crippen molar-refractivity contribution in [1.29, 1.82) is 5.26 Å². The van der Waals surface area contributed by atoms with Crippen molar-refractivity contribution in [1.82, 2.24) is 9.55 Å². The van der Waals surface area contributed by atoms with E-state index in [-0.39, 0.29) is 5.56 Å². The Balaban J connectivity index is 2.29. The molecule has 0 saturated heterocycles. The van der Waals surface area contributed by atoms with Gasteiger partial charge in [0.05, 0.1) is 11.6 Å². The summed E-state index contributed by atoms with van der Waals surface area (Å²) in [6.45, 7) is 3.62. The fraction of sp³-hybridized carbons (Fsp3) is 0.267. The number of aromatic nitrogens is 2. The Labute approximate surface area is 122 Å². The molecule has 0 spiro atoms. The van der Waals surface area contributed by atoms with Crippen LogP contribution in [0, 0.1) is 25.2 Å². The summed E-state index contributed by atoms with van der Waals surface area (Å²) in [4.78, 5) is 16.4. The van der Waals surface area contributed by atoms with Crippen LogP contribution in [0.25, 0.3) is 0 Å². The van der Waals surface area contributed by atoms with E-state index in [0.29, 0.717) is 22.0 Å². The summed E-state index contributed by atoms with van der Waals surface area (Å²) in [5.41, 5.74) is 3.02. The van der Waals surface area contributed by atoms with E-state index in [0.717, 1.165) is 11.3 Å². The summed E-state index contributed by atoms with van der Waals surface area (Å²) in [5, 5.41) is 9.74. The van der Waals surface area contributed by atoms with Gasteiger partial charge in [0.2, 0.25) is 0 Å². The molecule has 2 aromatic rings. The van der Waals surface area contributed by atoms with Crippen molar-refractivity contribution in [2.75, 3.05) is 0 Å². The Kier molecular flexibility index (Phi) is 4.26. The van der Waals surface area contributed by atoms with E-state index in [2.05, 4.69) is 11.1 Å². The molecule has 0 aliphatic heterocycles. The van der Waals surface area contributed by atoms with E-state index in [1.54, 1.807) is 24.6 Å². The van der Waals surface area contributed by atoms with Gasteiger partial charge in [-0.2, -0.15) is 5.26 Å². The van der Waals surface area contributed by atoms with Crippen molar-refractivity contribution < 1.29 is 0 Å². The molecule has 1 heterocycles. The van der Waals surface area contributed by atoms with Crippen LogP contribution in [0.1, 0.15) is 22.4 Å². The van der Waals surface area contributed by atoms with Crippen LogP contribution in [-0.2, 0) is 12.8 Å². The summed E-state index contributed by atoms with van der Waals surface area (Å²) in [6.07, 6.45) is 0. The zero-order chi connectivity index (χ0) is 14.7. The highest BCUT2D eigenvalue weighted by Gasteiger charge is 2.10. The van der Waals surface area contributed by atoms with Crippen molar-refractivity contribution in [2.24, 2.45) is 7.05 Å². The van der Waals surface area contributed by atoms with Gasteiger partial charge in [0.1, 0.15) is 0 Å². The van der Waals surface area contributed by atoms with E-state index >= 15 is 0 Å². The van der Waals surface area contributed by atoms with Gasteiger partial charge in [-0.15, -0.1) is 0 Å². The van der Waals surface area contributed by atoms with E-state index in [1.807, 2.05) is 25.1 Å². The molecular formula is C15H15N3OS. The van der Waals surface area contributed by atoms with Gasteiger partial charge in [-0.25, -0.2) is 4.98 Å². The normalized spacial score (nSPS) is 10.3. The number of nitriles is 1. The molecular weight excluding hydrogens is 270 g/mol. The van der Waals surface area contributed by atoms with Crippen LogP contribution in [0.4, 0.5) is 0 Å². The molecule has 0 saturated carbocycles. The lowest BCUT2D eigenvalue weighted by Gasteiger charge is -2.10. The number of rotatable bonds is 3. The Bertz CT molecular complexity index is 744. The first-order valence-corrected chi connectivity index (χ1v) is 7.18. The minimum absolute atomic E-state index is 0.0198. The van der Waals surface area contributed by atoms with E-state index < -0.39 is 0 Å². The molecule has 5 heteroatoms. The summed E-state index contributed by atoms with van der Waals surface area (Å²) in [5.74, 6) is 0.618. The van der Waals surface area contributed by atoms with Crippen LogP contribution >= 0.6 is 11.8 Å². The van der Waals surface area contributed by atoms with Gasteiger partial charge in [-0.1, -0.05) is 30.0 Å². The van der Waals surface area contributed by atoms with Crippen LogP contribution in [0.2, 0.25) is 0 Å². The highest BCUT2D eigenvalue weighted by atomic mass is 32.2. The lowest BCUT2D eigenvalue weighted by atomic mass is 10.1. The molecule has 4 nitrogen and oxygen atoms in total. The van der Waals surface area contributed by atoms with Gasteiger partial charge in [0.15, 0.2) is 5.16 Å². The van der Waals surface area contributed by atoms with E-state index in [1.165, 1.54) is 11.8 Å². The van der Waals surface area contributed by atoms with Gasteiger partial charge >= 0.3 is 0 Å². The maximum absolute atomic E-state index is 12.0. The van der Waals surface area contributed by atoms with Gasteiger partial charge in [-0.3, -0.25) is 9.36 Å². The first kappa shape index (κ1) is 14.4. The third-order valence-electron chi connectivity index (χ3n) is 3.21. The minimum atomic E-state index is -0.0198. The van der Waals surface area contributed by atoms with Crippen LogP contribution in [0.15, 0.2) is 34.2 Å². The standard InChI is InChI=1S/C15H15N3OS/c1-10-11(2)17-15(18(3)14(10)19)20-9-13-7-5-4-6-12(13)8-16/h4-7H,9H2,1-3H3. The molecule has 0 N–H and O–H groups in total. The Morgan fingerprint density at radius 1 is 1.35 bits per heavy atom. The number of hydrogen-bond donors (Lipinski definition) is 0. The zero-order valence-electron chi connectivity index (χ0n) is 11.7. The molecule has 102 valence electrons. The molecule has 2 rings (SSSR count). The topological polar surface area (TPSA) is 58.7 Å². The first-order chi connectivity index (χ1) is 9.54. The number of thioether (sulfide) groups is 1. The third kappa shape index (κ3) is 2.75. The summed E-state index contributed by atoms with van der Waals surface area (Å²) < 4.78 is 1.56. The van der Waals surface area contributed by atoms with Crippen LogP contribution in [0.3, 0.4) is 0 Å². The third-order valence-corrected chi connectivity index (χ3v) is 4.29. The highest BCUT2D eigenvalue weighted by Crippen LogP contribution is 2.22. The number of aryl methyl sites for hydroxylation is 1. The number of nitrogens with zero attached hydrogens (tertiary/aromatic N) is 3. The Morgan fingerprint density at radius 3 is 2.75 bits per heavy atom. The predicted octanol–water partition coefficient (Wildman–Crippen LogP) is 2.56. The average molecular weight is 285 g/mol. The van der Waals surface area contributed by atoms with E-state index in [4.69, 9.17) is 5.26 Å². The predicted molar refractivity (Wildman–Crippen MR) is 79.7 cm³/mol. The summed E-state index contributed by atoms with van der Waals surface area (Å²) in [6, 6.07) is 9.64. The van der Waals surface area contributed by atoms with Crippen molar-refractivity contribution in [3.05, 3.63) is 57.0 Å². The molecule has 0 aliphatic rings. The fourth-order valence-electron chi connectivity index (χ4n) is 1.82. The minimum Gasteiger partial charge on any atom is -0.291 e. The molecule has 1 aromatic carbocycles. The van der Waals surface area contributed by atoms with Crippen LogP contribution < -0.4 is 5.56 Å². The Hall–Kier alpha value is -2.06. The molecule has 0 bridgehead atoms. The van der Waals surface area contributed by atoms with Crippen molar-refractivity contribution in [2.45, 2.75) is 24.8 Å². The smallest absolute Gasteiger partial charge is 0.257 e.